The molecule has 0 heterocycles. The molecule has 18 heavy (non-hydrogen) atoms. The molecule has 0 bridgehead atoms. The lowest BCUT2D eigenvalue weighted by molar-refractivity contribution is 0.0531. The third kappa shape index (κ3) is 4.21. The quantitative estimate of drug-likeness (QED) is 0.804. The van der Waals surface area contributed by atoms with Gasteiger partial charge < -0.3 is 5.11 Å². The SMILES string of the molecule is O=S(=O)(CC1CCCCC1)NCC1(O)CCCC1. The number of nitrogens with one attached hydrogen (secondary N) is 1. The average molecular weight is 275 g/mol. The van der Waals surface area contributed by atoms with Crippen LogP contribution < -0.4 is 4.72 Å². The molecule has 5 heteroatoms. The van der Waals surface area contributed by atoms with Crippen LogP contribution in [0.3, 0.4) is 0 Å². The van der Waals surface area contributed by atoms with Crippen molar-refractivity contribution in [2.45, 2.75) is 63.4 Å². The lowest BCUT2D eigenvalue weighted by Gasteiger charge is -2.25. The van der Waals surface area contributed by atoms with Crippen molar-refractivity contribution in [1.29, 1.82) is 0 Å². The van der Waals surface area contributed by atoms with E-state index in [0.29, 0.717) is 5.92 Å². The summed E-state index contributed by atoms with van der Waals surface area (Å²) in [5.41, 5.74) is -0.792. The van der Waals surface area contributed by atoms with E-state index in [2.05, 4.69) is 4.72 Å². The zero-order valence-corrected chi connectivity index (χ0v) is 11.8. The predicted octanol–water partition coefficient (Wildman–Crippen LogP) is 1.79. The van der Waals surface area contributed by atoms with Gasteiger partial charge in [0.15, 0.2) is 0 Å². The van der Waals surface area contributed by atoms with E-state index in [4.69, 9.17) is 0 Å². The van der Waals surface area contributed by atoms with Gasteiger partial charge in [0.25, 0.3) is 0 Å². The van der Waals surface area contributed by atoms with Gasteiger partial charge >= 0.3 is 0 Å². The summed E-state index contributed by atoms with van der Waals surface area (Å²) in [5, 5.41) is 10.1. The van der Waals surface area contributed by atoms with Gasteiger partial charge in [-0.2, -0.15) is 0 Å². The summed E-state index contributed by atoms with van der Waals surface area (Å²) < 4.78 is 26.6. The van der Waals surface area contributed by atoms with E-state index >= 15 is 0 Å². The van der Waals surface area contributed by atoms with Crippen molar-refractivity contribution in [3.05, 3.63) is 0 Å². The van der Waals surface area contributed by atoms with Crippen LogP contribution in [0.15, 0.2) is 0 Å². The maximum absolute atomic E-state index is 12.0. The standard InChI is InChI=1S/C13H25NO3S/c15-13(8-4-5-9-13)11-14-18(16,17)10-12-6-2-1-3-7-12/h12,14-15H,1-11H2. The molecular weight excluding hydrogens is 250 g/mol. The van der Waals surface area contributed by atoms with Gasteiger partial charge in [0.05, 0.1) is 11.4 Å². The summed E-state index contributed by atoms with van der Waals surface area (Å²) in [7, 11) is -3.22. The Morgan fingerprint density at radius 2 is 1.67 bits per heavy atom. The topological polar surface area (TPSA) is 66.4 Å². The Labute approximate surface area is 110 Å². The van der Waals surface area contributed by atoms with Crippen LogP contribution in [0.25, 0.3) is 0 Å². The van der Waals surface area contributed by atoms with Crippen LogP contribution >= 0.6 is 0 Å². The molecule has 0 aliphatic heterocycles. The monoisotopic (exact) mass is 275 g/mol. The number of hydrogen-bond acceptors (Lipinski definition) is 3. The Morgan fingerprint density at radius 1 is 1.06 bits per heavy atom. The van der Waals surface area contributed by atoms with E-state index < -0.39 is 15.6 Å². The van der Waals surface area contributed by atoms with Crippen LogP contribution in [-0.2, 0) is 10.0 Å². The van der Waals surface area contributed by atoms with E-state index in [1.807, 2.05) is 0 Å². The Hall–Kier alpha value is -0.130. The first-order valence-electron chi connectivity index (χ1n) is 7.19. The van der Waals surface area contributed by atoms with E-state index in [-0.39, 0.29) is 12.3 Å². The second-order valence-corrected chi connectivity index (χ2v) is 7.89. The molecule has 0 atom stereocenters. The predicted molar refractivity (Wildman–Crippen MR) is 71.8 cm³/mol. The molecule has 106 valence electrons. The van der Waals surface area contributed by atoms with Gasteiger partial charge in [-0.05, 0) is 31.6 Å². The smallest absolute Gasteiger partial charge is 0.211 e. The first-order valence-corrected chi connectivity index (χ1v) is 8.84. The summed E-state index contributed by atoms with van der Waals surface area (Å²) in [6.07, 6.45) is 9.06. The highest BCUT2D eigenvalue weighted by Gasteiger charge is 2.32. The summed E-state index contributed by atoms with van der Waals surface area (Å²) >= 11 is 0. The van der Waals surface area contributed by atoms with Crippen LogP contribution in [0.4, 0.5) is 0 Å². The van der Waals surface area contributed by atoms with E-state index in [9.17, 15) is 13.5 Å². The zero-order chi connectivity index (χ0) is 13.1. The number of rotatable bonds is 5. The Bertz CT molecular complexity index is 354. The number of aliphatic hydroxyl groups is 1. The van der Waals surface area contributed by atoms with Gasteiger partial charge in [0.1, 0.15) is 0 Å². The largest absolute Gasteiger partial charge is 0.389 e. The molecule has 0 unspecified atom stereocenters. The van der Waals surface area contributed by atoms with Gasteiger partial charge in [0, 0.05) is 6.54 Å². The normalized spacial score (nSPS) is 25.4. The van der Waals surface area contributed by atoms with Crippen molar-refractivity contribution in [3.8, 4) is 0 Å². The molecule has 0 aromatic carbocycles. The van der Waals surface area contributed by atoms with Gasteiger partial charge in [0.2, 0.25) is 10.0 Å². The molecule has 2 saturated carbocycles. The molecule has 0 aromatic heterocycles. The fourth-order valence-electron chi connectivity index (χ4n) is 3.18. The molecule has 0 amide bonds. The maximum Gasteiger partial charge on any atom is 0.211 e. The van der Waals surface area contributed by atoms with Crippen LogP contribution in [0, 0.1) is 5.92 Å². The van der Waals surface area contributed by atoms with Gasteiger partial charge in [-0.3, -0.25) is 0 Å². The highest BCUT2D eigenvalue weighted by atomic mass is 32.2. The maximum atomic E-state index is 12.0. The first kappa shape index (κ1) is 14.3. The molecule has 2 aliphatic rings. The first-order chi connectivity index (χ1) is 8.49. The van der Waals surface area contributed by atoms with Gasteiger partial charge in [-0.1, -0.05) is 32.1 Å². The summed E-state index contributed by atoms with van der Waals surface area (Å²) in [5.74, 6) is 0.553. The van der Waals surface area contributed by atoms with E-state index in [1.165, 1.54) is 6.42 Å². The fraction of sp³-hybridized carbons (Fsp3) is 1.00. The lowest BCUT2D eigenvalue weighted by Crippen LogP contribution is -2.42. The van der Waals surface area contributed by atoms with Crippen molar-refractivity contribution in [1.82, 2.24) is 4.72 Å². The van der Waals surface area contributed by atoms with Crippen molar-refractivity contribution in [2.24, 2.45) is 5.92 Å². The molecule has 0 saturated heterocycles. The van der Waals surface area contributed by atoms with Crippen molar-refractivity contribution in [3.63, 3.8) is 0 Å². The Balaban J connectivity index is 1.79. The van der Waals surface area contributed by atoms with E-state index in [1.54, 1.807) is 0 Å². The van der Waals surface area contributed by atoms with Crippen molar-refractivity contribution < 1.29 is 13.5 Å². The number of hydrogen-bond donors (Lipinski definition) is 2. The Morgan fingerprint density at radius 3 is 2.28 bits per heavy atom. The van der Waals surface area contributed by atoms with Crippen LogP contribution in [0.1, 0.15) is 57.8 Å². The van der Waals surface area contributed by atoms with E-state index in [0.717, 1.165) is 51.4 Å². The average Bonchev–Trinajstić information content (AvgIpc) is 2.76. The minimum Gasteiger partial charge on any atom is -0.389 e. The van der Waals surface area contributed by atoms with Crippen LogP contribution in [-0.4, -0.2) is 31.4 Å². The summed E-state index contributed by atoms with van der Waals surface area (Å²) in [6, 6.07) is 0. The number of sulfonamides is 1. The van der Waals surface area contributed by atoms with Crippen molar-refractivity contribution >= 4 is 10.0 Å². The summed E-state index contributed by atoms with van der Waals surface area (Å²) in [6.45, 7) is 0.196. The molecule has 2 fully saturated rings. The van der Waals surface area contributed by atoms with Crippen LogP contribution in [0.2, 0.25) is 0 Å². The molecular formula is C13H25NO3S. The Kier molecular flexibility index (Phi) is 4.67. The van der Waals surface area contributed by atoms with Crippen molar-refractivity contribution in [2.75, 3.05) is 12.3 Å². The molecule has 2 N–H and O–H groups in total. The molecule has 0 aromatic rings. The molecule has 2 aliphatic carbocycles. The second-order valence-electron chi connectivity index (χ2n) is 6.04. The molecule has 4 nitrogen and oxygen atoms in total. The molecule has 2 rings (SSSR count). The lowest BCUT2D eigenvalue weighted by atomic mass is 9.91. The third-order valence-electron chi connectivity index (χ3n) is 4.34. The van der Waals surface area contributed by atoms with Gasteiger partial charge in [-0.25, -0.2) is 13.1 Å². The third-order valence-corrected chi connectivity index (χ3v) is 5.83. The minimum absolute atomic E-state index is 0.196. The second kappa shape index (κ2) is 5.88. The van der Waals surface area contributed by atoms with Gasteiger partial charge in [-0.15, -0.1) is 0 Å². The van der Waals surface area contributed by atoms with Crippen LogP contribution in [0.5, 0.6) is 0 Å². The molecule has 0 spiro atoms. The highest BCUT2D eigenvalue weighted by Crippen LogP contribution is 2.29. The fourth-order valence-corrected chi connectivity index (χ4v) is 4.74. The highest BCUT2D eigenvalue weighted by molar-refractivity contribution is 7.89. The minimum atomic E-state index is -3.22. The molecule has 0 radical (unpaired) electrons. The summed E-state index contributed by atoms with van der Waals surface area (Å²) in [4.78, 5) is 0. The zero-order valence-electron chi connectivity index (χ0n) is 11.0.